The number of aryl methyl sites for hydroxylation is 1. The van der Waals surface area contributed by atoms with Gasteiger partial charge in [-0.1, -0.05) is 36.4 Å². The number of rotatable bonds is 5. The number of hydrogen-bond donors (Lipinski definition) is 2. The van der Waals surface area contributed by atoms with E-state index in [1.807, 2.05) is 24.3 Å². The van der Waals surface area contributed by atoms with Crippen LogP contribution in [0.5, 0.6) is 0 Å². The maximum absolute atomic E-state index is 9.07. The van der Waals surface area contributed by atoms with Crippen LogP contribution >= 0.6 is 12.2 Å². The van der Waals surface area contributed by atoms with E-state index in [0.29, 0.717) is 28.6 Å². The molecule has 3 fully saturated rings. The summed E-state index contributed by atoms with van der Waals surface area (Å²) in [7, 11) is 2.07. The van der Waals surface area contributed by atoms with Crippen LogP contribution in [0.3, 0.4) is 0 Å². The first-order valence-corrected chi connectivity index (χ1v) is 11.9. The van der Waals surface area contributed by atoms with Crippen LogP contribution in [0.15, 0.2) is 60.7 Å². The molecule has 3 aliphatic rings. The van der Waals surface area contributed by atoms with Gasteiger partial charge in [0.25, 0.3) is 0 Å². The lowest BCUT2D eigenvalue weighted by Crippen LogP contribution is -2.56. The largest absolute Gasteiger partial charge is 0.361 e. The van der Waals surface area contributed by atoms with Gasteiger partial charge in [-0.25, -0.2) is 0 Å². The molecule has 3 aliphatic heterocycles. The Hall–Kier alpha value is -3.21. The highest BCUT2D eigenvalue weighted by Crippen LogP contribution is 2.42. The summed E-state index contributed by atoms with van der Waals surface area (Å²) >= 11 is 5.50. The van der Waals surface area contributed by atoms with Crippen molar-refractivity contribution >= 4 is 23.0 Å². The average molecular weight is 457 g/mol. The first kappa shape index (κ1) is 21.6. The molecular formula is C26H28N6S. The molecule has 7 heteroatoms. The second-order valence-corrected chi connectivity index (χ2v) is 9.42. The van der Waals surface area contributed by atoms with Crippen LogP contribution in [0, 0.1) is 17.2 Å². The smallest absolute Gasteiger partial charge is 0.170 e. The lowest BCUT2D eigenvalue weighted by molar-refractivity contribution is 0.0303. The zero-order chi connectivity index (χ0) is 22.8. The Morgan fingerprint density at radius 3 is 2.79 bits per heavy atom. The molecule has 3 aromatic rings. The Kier molecular flexibility index (Phi) is 6.12. The molecule has 168 valence electrons. The van der Waals surface area contributed by atoms with Gasteiger partial charge in [-0.05, 0) is 61.8 Å². The van der Waals surface area contributed by atoms with Crippen molar-refractivity contribution in [2.45, 2.75) is 24.8 Å². The molecule has 1 aromatic heterocycles. The van der Waals surface area contributed by atoms with Gasteiger partial charge in [-0.3, -0.25) is 9.58 Å². The molecule has 33 heavy (non-hydrogen) atoms. The van der Waals surface area contributed by atoms with Gasteiger partial charge < -0.3 is 10.6 Å². The number of nitrogens with zero attached hydrogens (tertiary/aromatic N) is 4. The van der Waals surface area contributed by atoms with Crippen LogP contribution in [-0.2, 0) is 7.05 Å². The number of aromatic nitrogens is 2. The molecule has 2 bridgehead atoms. The molecule has 3 saturated heterocycles. The number of nitrogens with one attached hydrogen (secondary N) is 2. The van der Waals surface area contributed by atoms with Gasteiger partial charge in [-0.15, -0.1) is 0 Å². The van der Waals surface area contributed by atoms with Crippen LogP contribution in [0.1, 0.15) is 30.0 Å². The molecule has 0 radical (unpaired) electrons. The molecule has 4 heterocycles. The van der Waals surface area contributed by atoms with E-state index in [1.165, 1.54) is 17.7 Å². The zero-order valence-corrected chi connectivity index (χ0v) is 19.6. The average Bonchev–Trinajstić information content (AvgIpc) is 3.25. The lowest BCUT2D eigenvalue weighted by atomic mass is 9.74. The summed E-state index contributed by atoms with van der Waals surface area (Å²) in [5.41, 5.74) is 5.02. The molecule has 0 saturated carbocycles. The lowest BCUT2D eigenvalue weighted by Gasteiger charge is -2.50. The number of fused-ring (bicyclic) bond motifs is 3. The van der Waals surface area contributed by atoms with E-state index >= 15 is 0 Å². The standard InChI is InChI=1S/C26H28N6S/c1-31-25(14-24(30-31)19-7-3-2-4-8-19)23-17-32-11-10-20(23)13-22(32)16-28-26(33)29-21-9-5-6-18(12-21)15-27/h2-9,12,14,20,22-23H,10-11,13,16-17H2,1H3,(H2,28,29,33)/t20-,22+,23+/m0/s1. The number of nitriles is 1. The molecule has 0 amide bonds. The second kappa shape index (κ2) is 9.34. The number of benzene rings is 2. The van der Waals surface area contributed by atoms with E-state index in [2.05, 4.69) is 63.7 Å². The zero-order valence-electron chi connectivity index (χ0n) is 18.7. The van der Waals surface area contributed by atoms with E-state index in [1.54, 1.807) is 6.07 Å². The summed E-state index contributed by atoms with van der Waals surface area (Å²) in [5, 5.41) is 21.1. The highest BCUT2D eigenvalue weighted by molar-refractivity contribution is 7.80. The molecular weight excluding hydrogens is 428 g/mol. The van der Waals surface area contributed by atoms with Crippen LogP contribution in [0.25, 0.3) is 11.3 Å². The van der Waals surface area contributed by atoms with Crippen molar-refractivity contribution in [1.29, 1.82) is 5.26 Å². The quantitative estimate of drug-likeness (QED) is 0.563. The fourth-order valence-corrected chi connectivity index (χ4v) is 5.52. The van der Waals surface area contributed by atoms with E-state index in [4.69, 9.17) is 22.6 Å². The van der Waals surface area contributed by atoms with E-state index in [9.17, 15) is 0 Å². The number of thiocarbonyl (C=S) groups is 1. The van der Waals surface area contributed by atoms with Crippen LogP contribution in [0.4, 0.5) is 5.69 Å². The maximum atomic E-state index is 9.07. The molecule has 6 rings (SSSR count). The molecule has 4 atom stereocenters. The fourth-order valence-electron chi connectivity index (χ4n) is 5.32. The minimum Gasteiger partial charge on any atom is -0.361 e. The number of anilines is 1. The summed E-state index contributed by atoms with van der Waals surface area (Å²) in [6.07, 6.45) is 2.40. The summed E-state index contributed by atoms with van der Waals surface area (Å²) in [4.78, 5) is 2.60. The Morgan fingerprint density at radius 1 is 1.18 bits per heavy atom. The van der Waals surface area contributed by atoms with Crippen molar-refractivity contribution in [3.05, 3.63) is 71.9 Å². The van der Waals surface area contributed by atoms with Gasteiger partial charge in [-0.2, -0.15) is 10.4 Å². The third kappa shape index (κ3) is 4.63. The van der Waals surface area contributed by atoms with Gasteiger partial charge in [0.15, 0.2) is 5.11 Å². The topological polar surface area (TPSA) is 68.9 Å². The van der Waals surface area contributed by atoms with Crippen LogP contribution < -0.4 is 10.6 Å². The molecule has 6 nitrogen and oxygen atoms in total. The van der Waals surface area contributed by atoms with Crippen molar-refractivity contribution in [2.75, 3.05) is 25.0 Å². The first-order chi connectivity index (χ1) is 16.1. The van der Waals surface area contributed by atoms with E-state index in [0.717, 1.165) is 37.4 Å². The SMILES string of the molecule is Cn1nc(-c2ccccc2)cc1[C@@H]1CN2CC[C@H]1C[C@@H]2CNC(=S)Nc1cccc(C#N)c1. The number of piperidine rings is 3. The van der Waals surface area contributed by atoms with Gasteiger partial charge in [0, 0.05) is 49.0 Å². The van der Waals surface area contributed by atoms with Crippen molar-refractivity contribution in [3.8, 4) is 17.3 Å². The van der Waals surface area contributed by atoms with E-state index < -0.39 is 0 Å². The molecule has 1 unspecified atom stereocenters. The summed E-state index contributed by atoms with van der Waals surface area (Å²) in [5.74, 6) is 1.18. The predicted octanol–water partition coefficient (Wildman–Crippen LogP) is 4.12. The van der Waals surface area contributed by atoms with Gasteiger partial charge in [0.2, 0.25) is 0 Å². The first-order valence-electron chi connectivity index (χ1n) is 11.5. The Morgan fingerprint density at radius 2 is 2.03 bits per heavy atom. The number of hydrogen-bond acceptors (Lipinski definition) is 4. The second-order valence-electron chi connectivity index (χ2n) is 9.01. The predicted molar refractivity (Wildman–Crippen MR) is 135 cm³/mol. The highest BCUT2D eigenvalue weighted by atomic mass is 32.1. The van der Waals surface area contributed by atoms with Gasteiger partial charge in [0.1, 0.15) is 0 Å². The minimum absolute atomic E-state index is 0.479. The Labute approximate surface area is 200 Å². The third-order valence-electron chi connectivity index (χ3n) is 6.99. The normalized spacial score (nSPS) is 23.6. The van der Waals surface area contributed by atoms with Crippen molar-refractivity contribution < 1.29 is 0 Å². The summed E-state index contributed by atoms with van der Waals surface area (Å²) in [6.45, 7) is 3.03. The van der Waals surface area contributed by atoms with Crippen molar-refractivity contribution in [3.63, 3.8) is 0 Å². The van der Waals surface area contributed by atoms with Gasteiger partial charge >= 0.3 is 0 Å². The monoisotopic (exact) mass is 456 g/mol. The maximum Gasteiger partial charge on any atom is 0.170 e. The van der Waals surface area contributed by atoms with Crippen LogP contribution in [0.2, 0.25) is 0 Å². The van der Waals surface area contributed by atoms with Gasteiger partial charge in [0.05, 0.1) is 17.3 Å². The van der Waals surface area contributed by atoms with Crippen molar-refractivity contribution in [1.82, 2.24) is 20.0 Å². The minimum atomic E-state index is 0.479. The Balaban J connectivity index is 1.20. The highest BCUT2D eigenvalue weighted by Gasteiger charge is 2.41. The molecule has 2 N–H and O–H groups in total. The summed E-state index contributed by atoms with van der Waals surface area (Å²) in [6, 6.07) is 22.7. The fraction of sp³-hybridized carbons (Fsp3) is 0.346. The molecule has 0 aliphatic carbocycles. The summed E-state index contributed by atoms with van der Waals surface area (Å²) < 4.78 is 2.08. The van der Waals surface area contributed by atoms with E-state index in [-0.39, 0.29) is 0 Å². The molecule has 2 aromatic carbocycles. The third-order valence-corrected chi connectivity index (χ3v) is 7.24. The van der Waals surface area contributed by atoms with Crippen LogP contribution in [-0.4, -0.2) is 45.5 Å². The van der Waals surface area contributed by atoms with Crippen molar-refractivity contribution in [2.24, 2.45) is 13.0 Å². The molecule has 0 spiro atoms. The Bertz CT molecular complexity index is 1180.